The van der Waals surface area contributed by atoms with Crippen molar-refractivity contribution < 1.29 is 0 Å². The first kappa shape index (κ1) is 11.3. The molecule has 0 bridgehead atoms. The van der Waals surface area contributed by atoms with E-state index < -0.39 is 0 Å². The van der Waals surface area contributed by atoms with Gasteiger partial charge in [0, 0.05) is 12.6 Å². The van der Waals surface area contributed by atoms with Gasteiger partial charge in [-0.05, 0) is 31.6 Å². The van der Waals surface area contributed by atoms with Crippen molar-refractivity contribution in [3.05, 3.63) is 28.2 Å². The third kappa shape index (κ3) is 3.54. The van der Waals surface area contributed by atoms with E-state index in [2.05, 4.69) is 17.7 Å². The minimum atomic E-state index is -0.0125. The number of aryl methyl sites for hydroxylation is 2. The summed E-state index contributed by atoms with van der Waals surface area (Å²) in [6.07, 6.45) is 3.20. The number of thiol groups is 1. The summed E-state index contributed by atoms with van der Waals surface area (Å²) in [5, 5.41) is 4.16. The fourth-order valence-electron chi connectivity index (χ4n) is 1.26. The molecule has 0 aliphatic rings. The summed E-state index contributed by atoms with van der Waals surface area (Å²) in [7, 11) is 0. The van der Waals surface area contributed by atoms with Gasteiger partial charge in [-0.1, -0.05) is 6.42 Å². The van der Waals surface area contributed by atoms with Crippen LogP contribution in [0, 0.1) is 6.92 Å². The van der Waals surface area contributed by atoms with E-state index in [1.165, 1.54) is 4.68 Å². The Labute approximate surface area is 89.6 Å². The molecule has 78 valence electrons. The van der Waals surface area contributed by atoms with Gasteiger partial charge in [-0.2, -0.15) is 17.7 Å². The molecule has 1 aromatic heterocycles. The Bertz CT molecular complexity index is 335. The van der Waals surface area contributed by atoms with Crippen LogP contribution in [0.2, 0.25) is 0 Å². The molecule has 14 heavy (non-hydrogen) atoms. The molecule has 0 atom stereocenters. The molecule has 0 unspecified atom stereocenters. The zero-order valence-corrected chi connectivity index (χ0v) is 9.33. The van der Waals surface area contributed by atoms with Gasteiger partial charge in [-0.15, -0.1) is 0 Å². The number of hydrogen-bond acceptors (Lipinski definition) is 3. The molecule has 0 saturated carbocycles. The second kappa shape index (κ2) is 5.86. The van der Waals surface area contributed by atoms with Gasteiger partial charge in [0.1, 0.15) is 0 Å². The van der Waals surface area contributed by atoms with E-state index >= 15 is 0 Å². The van der Waals surface area contributed by atoms with Crippen molar-refractivity contribution in [1.29, 1.82) is 0 Å². The maximum atomic E-state index is 11.3. The predicted molar refractivity (Wildman–Crippen MR) is 60.9 cm³/mol. The molecule has 0 aliphatic carbocycles. The zero-order chi connectivity index (χ0) is 10.4. The molecular weight excluding hydrogens is 196 g/mol. The fourth-order valence-corrected chi connectivity index (χ4v) is 1.48. The van der Waals surface area contributed by atoms with Gasteiger partial charge < -0.3 is 0 Å². The Hall–Kier alpha value is -0.770. The normalized spacial score (nSPS) is 10.4. The Morgan fingerprint density at radius 3 is 2.86 bits per heavy atom. The van der Waals surface area contributed by atoms with Crippen LogP contribution in [0.1, 0.15) is 25.0 Å². The number of nitrogens with zero attached hydrogens (tertiary/aromatic N) is 2. The zero-order valence-electron chi connectivity index (χ0n) is 8.44. The van der Waals surface area contributed by atoms with E-state index in [0.29, 0.717) is 6.54 Å². The number of unbranched alkanes of at least 4 members (excludes halogenated alkanes) is 2. The molecule has 1 heterocycles. The molecule has 3 nitrogen and oxygen atoms in total. The van der Waals surface area contributed by atoms with Crippen molar-refractivity contribution in [2.45, 2.75) is 32.7 Å². The molecule has 4 heteroatoms. The van der Waals surface area contributed by atoms with Crippen LogP contribution in [0.5, 0.6) is 0 Å². The van der Waals surface area contributed by atoms with E-state index in [0.717, 1.165) is 30.7 Å². The lowest BCUT2D eigenvalue weighted by Crippen LogP contribution is -2.22. The van der Waals surface area contributed by atoms with Crippen molar-refractivity contribution in [2.24, 2.45) is 0 Å². The lowest BCUT2D eigenvalue weighted by Gasteiger charge is -2.03. The van der Waals surface area contributed by atoms with E-state index in [9.17, 15) is 4.79 Å². The highest BCUT2D eigenvalue weighted by molar-refractivity contribution is 7.80. The first-order valence-corrected chi connectivity index (χ1v) is 5.53. The van der Waals surface area contributed by atoms with Crippen LogP contribution >= 0.6 is 12.6 Å². The summed E-state index contributed by atoms with van der Waals surface area (Å²) in [6.45, 7) is 2.61. The standard InChI is InChI=1S/C10H16N2OS/c1-9-5-6-10(13)12(11-9)7-3-2-4-8-14/h5-6,14H,2-4,7-8H2,1H3. The molecule has 0 spiro atoms. The Kier molecular flexibility index (Phi) is 4.73. The maximum absolute atomic E-state index is 11.3. The average molecular weight is 212 g/mol. The van der Waals surface area contributed by atoms with E-state index in [-0.39, 0.29) is 5.56 Å². The smallest absolute Gasteiger partial charge is 0.266 e. The highest BCUT2D eigenvalue weighted by Gasteiger charge is 1.96. The molecule has 0 aromatic carbocycles. The van der Waals surface area contributed by atoms with Crippen molar-refractivity contribution in [3.63, 3.8) is 0 Å². The molecule has 1 aromatic rings. The summed E-state index contributed by atoms with van der Waals surface area (Å²) >= 11 is 4.13. The van der Waals surface area contributed by atoms with Gasteiger partial charge in [0.2, 0.25) is 0 Å². The summed E-state index contributed by atoms with van der Waals surface area (Å²) in [5.74, 6) is 0.913. The summed E-state index contributed by atoms with van der Waals surface area (Å²) in [6, 6.07) is 3.31. The van der Waals surface area contributed by atoms with Crippen molar-refractivity contribution in [1.82, 2.24) is 9.78 Å². The quantitative estimate of drug-likeness (QED) is 0.595. The molecule has 1 rings (SSSR count). The van der Waals surface area contributed by atoms with Gasteiger partial charge in [0.15, 0.2) is 0 Å². The Morgan fingerprint density at radius 2 is 2.14 bits per heavy atom. The van der Waals surface area contributed by atoms with Crippen LogP contribution < -0.4 is 5.56 Å². The second-order valence-electron chi connectivity index (χ2n) is 3.32. The second-order valence-corrected chi connectivity index (χ2v) is 3.77. The van der Waals surface area contributed by atoms with E-state index in [4.69, 9.17) is 0 Å². The highest BCUT2D eigenvalue weighted by Crippen LogP contribution is 1.98. The van der Waals surface area contributed by atoms with Crippen LogP contribution in [0.3, 0.4) is 0 Å². The summed E-state index contributed by atoms with van der Waals surface area (Å²) in [5.41, 5.74) is 0.875. The van der Waals surface area contributed by atoms with Crippen LogP contribution in [0.4, 0.5) is 0 Å². The first-order chi connectivity index (χ1) is 6.74. The van der Waals surface area contributed by atoms with Crippen LogP contribution in [0.25, 0.3) is 0 Å². The molecular formula is C10H16N2OS. The van der Waals surface area contributed by atoms with Gasteiger partial charge in [-0.25, -0.2) is 4.68 Å². The Balaban J connectivity index is 2.49. The minimum absolute atomic E-state index is 0.0125. The average Bonchev–Trinajstić information content (AvgIpc) is 2.18. The molecule has 0 N–H and O–H groups in total. The molecule has 0 aliphatic heterocycles. The lowest BCUT2D eigenvalue weighted by atomic mass is 10.2. The third-order valence-electron chi connectivity index (χ3n) is 2.03. The lowest BCUT2D eigenvalue weighted by molar-refractivity contribution is 0.524. The summed E-state index contributed by atoms with van der Waals surface area (Å²) < 4.78 is 1.54. The van der Waals surface area contributed by atoms with Crippen LogP contribution in [-0.2, 0) is 6.54 Å². The third-order valence-corrected chi connectivity index (χ3v) is 2.34. The first-order valence-electron chi connectivity index (χ1n) is 4.89. The van der Waals surface area contributed by atoms with Crippen molar-refractivity contribution >= 4 is 12.6 Å². The minimum Gasteiger partial charge on any atom is -0.268 e. The Morgan fingerprint density at radius 1 is 1.36 bits per heavy atom. The monoisotopic (exact) mass is 212 g/mol. The molecule has 0 radical (unpaired) electrons. The van der Waals surface area contributed by atoms with Gasteiger partial charge in [-0.3, -0.25) is 4.79 Å². The van der Waals surface area contributed by atoms with E-state index in [1.807, 2.05) is 6.92 Å². The van der Waals surface area contributed by atoms with Crippen molar-refractivity contribution in [3.8, 4) is 0 Å². The summed E-state index contributed by atoms with van der Waals surface area (Å²) in [4.78, 5) is 11.3. The highest BCUT2D eigenvalue weighted by atomic mass is 32.1. The maximum Gasteiger partial charge on any atom is 0.266 e. The largest absolute Gasteiger partial charge is 0.268 e. The van der Waals surface area contributed by atoms with Gasteiger partial charge in [0.25, 0.3) is 5.56 Å². The number of rotatable bonds is 5. The fraction of sp³-hybridized carbons (Fsp3) is 0.600. The molecule has 0 amide bonds. The topological polar surface area (TPSA) is 34.9 Å². The van der Waals surface area contributed by atoms with Crippen molar-refractivity contribution in [2.75, 3.05) is 5.75 Å². The van der Waals surface area contributed by atoms with Gasteiger partial charge in [0.05, 0.1) is 5.69 Å². The predicted octanol–water partition coefficient (Wildman–Crippen LogP) is 1.65. The van der Waals surface area contributed by atoms with Crippen LogP contribution in [0.15, 0.2) is 16.9 Å². The SMILES string of the molecule is Cc1ccc(=O)n(CCCCCS)n1. The van der Waals surface area contributed by atoms with E-state index in [1.54, 1.807) is 12.1 Å². The molecule has 0 fully saturated rings. The number of aromatic nitrogens is 2. The van der Waals surface area contributed by atoms with Crippen LogP contribution in [-0.4, -0.2) is 15.5 Å². The molecule has 0 saturated heterocycles. The number of hydrogen-bond donors (Lipinski definition) is 1. The van der Waals surface area contributed by atoms with Gasteiger partial charge >= 0.3 is 0 Å².